The van der Waals surface area contributed by atoms with Gasteiger partial charge < -0.3 is 14.4 Å². The maximum atomic E-state index is 15.5. The number of aromatic nitrogens is 2. The number of ether oxygens (including phenoxy) is 2. The largest absolute Gasteiger partial charge is 0.444 e. The van der Waals surface area contributed by atoms with Gasteiger partial charge in [-0.05, 0) is 100 Å². The molecule has 37 heavy (non-hydrogen) atoms. The number of hydrogen-bond donors (Lipinski definition) is 0. The summed E-state index contributed by atoms with van der Waals surface area (Å²) in [5, 5.41) is 14.8. The van der Waals surface area contributed by atoms with Crippen LogP contribution >= 0.6 is 22.6 Å². The van der Waals surface area contributed by atoms with Crippen molar-refractivity contribution < 1.29 is 23.5 Å². The molecule has 2 aromatic carbocycles. The summed E-state index contributed by atoms with van der Waals surface area (Å²) in [7, 11) is 1.58. The first-order valence-corrected chi connectivity index (χ1v) is 12.7. The van der Waals surface area contributed by atoms with Gasteiger partial charge in [-0.25, -0.2) is 14.0 Å². The number of nitrogens with zero attached hydrogens (tertiary/aromatic N) is 4. The molecule has 0 radical (unpaired) electrons. The quantitative estimate of drug-likeness (QED) is 0.300. The van der Waals surface area contributed by atoms with E-state index in [0.29, 0.717) is 31.3 Å². The Morgan fingerprint density at radius 3 is 2.27 bits per heavy atom. The van der Waals surface area contributed by atoms with E-state index >= 15 is 4.39 Å². The number of carbonyl (C=O) groups is 2. The molecule has 0 aliphatic rings. The Morgan fingerprint density at radius 1 is 1.11 bits per heavy atom. The van der Waals surface area contributed by atoms with E-state index in [4.69, 9.17) is 9.47 Å². The molecule has 0 saturated carbocycles. The Hall–Kier alpha value is -3.20. The molecule has 0 saturated heterocycles. The Labute approximate surface area is 229 Å². The lowest BCUT2D eigenvalue weighted by molar-refractivity contribution is 0.0284. The Morgan fingerprint density at radius 2 is 1.73 bits per heavy atom. The second-order valence-electron chi connectivity index (χ2n) is 10.8. The average molecular weight is 620 g/mol. The number of halogens is 2. The van der Waals surface area contributed by atoms with E-state index in [0.717, 1.165) is 4.68 Å². The molecule has 0 fully saturated rings. The van der Waals surface area contributed by atoms with E-state index in [1.165, 1.54) is 17.0 Å². The van der Waals surface area contributed by atoms with Crippen molar-refractivity contribution in [1.82, 2.24) is 14.7 Å². The first-order chi connectivity index (χ1) is 17.0. The third kappa shape index (κ3) is 6.57. The highest BCUT2D eigenvalue weighted by Crippen LogP contribution is 2.35. The van der Waals surface area contributed by atoms with Gasteiger partial charge in [-0.15, -0.1) is 0 Å². The van der Waals surface area contributed by atoms with Gasteiger partial charge in [-0.2, -0.15) is 15.0 Å². The van der Waals surface area contributed by atoms with Gasteiger partial charge in [0, 0.05) is 30.1 Å². The van der Waals surface area contributed by atoms with E-state index in [1.54, 1.807) is 67.6 Å². The smallest absolute Gasteiger partial charge is 0.435 e. The predicted octanol–water partition coefficient (Wildman–Crippen LogP) is 6.78. The van der Waals surface area contributed by atoms with Crippen LogP contribution in [0.2, 0.25) is 0 Å². The molecule has 0 N–H and O–H groups in total. The normalized spacial score (nSPS) is 11.8. The van der Waals surface area contributed by atoms with Gasteiger partial charge in [-0.3, -0.25) is 0 Å². The molecule has 1 aromatic heterocycles. The van der Waals surface area contributed by atoms with Crippen LogP contribution in [0.25, 0.3) is 22.0 Å². The summed E-state index contributed by atoms with van der Waals surface area (Å²) in [5.74, 6) is -0.530. The van der Waals surface area contributed by atoms with Crippen LogP contribution in [0.1, 0.15) is 58.2 Å². The zero-order chi connectivity index (χ0) is 27.9. The van der Waals surface area contributed by atoms with Crippen LogP contribution in [0.15, 0.2) is 24.3 Å². The minimum absolute atomic E-state index is 0.150. The van der Waals surface area contributed by atoms with Gasteiger partial charge >= 0.3 is 12.2 Å². The fourth-order valence-electron chi connectivity index (χ4n) is 3.79. The number of rotatable bonds is 3. The van der Waals surface area contributed by atoms with Gasteiger partial charge in [0.15, 0.2) is 0 Å². The maximum absolute atomic E-state index is 15.5. The standard InChI is InChI=1S/C27H30FIN4O4/c1-15-9-16(14-32(8)24(34)36-26(2,3)4)10-20(28)22(15)18-12-19-21(11-17(18)13-30)33(31-23(19)29)25(35)37-27(5,6)7/h9-12H,14H2,1-8H3. The van der Waals surface area contributed by atoms with Crippen LogP contribution in [-0.4, -0.2) is 45.1 Å². The second-order valence-corrected chi connectivity index (χ2v) is 11.8. The first kappa shape index (κ1) is 28.4. The summed E-state index contributed by atoms with van der Waals surface area (Å²) in [4.78, 5) is 26.4. The minimum Gasteiger partial charge on any atom is -0.444 e. The van der Waals surface area contributed by atoms with Gasteiger partial charge in [0.05, 0.1) is 17.1 Å². The molecule has 10 heteroatoms. The van der Waals surface area contributed by atoms with E-state index in [9.17, 15) is 14.9 Å². The zero-order valence-corrected chi connectivity index (χ0v) is 24.4. The summed E-state index contributed by atoms with van der Waals surface area (Å²) in [5.41, 5.74) is 1.05. The lowest BCUT2D eigenvalue weighted by Gasteiger charge is -2.25. The molecule has 0 aliphatic carbocycles. The summed E-state index contributed by atoms with van der Waals surface area (Å²) in [6, 6.07) is 8.43. The Kier molecular flexibility index (Phi) is 7.88. The van der Waals surface area contributed by atoms with Gasteiger partial charge in [0.1, 0.15) is 20.7 Å². The molecule has 0 spiro atoms. The van der Waals surface area contributed by atoms with Crippen molar-refractivity contribution in [2.24, 2.45) is 0 Å². The van der Waals surface area contributed by atoms with E-state index in [2.05, 4.69) is 11.2 Å². The number of carbonyl (C=O) groups excluding carboxylic acids is 2. The summed E-state index contributed by atoms with van der Waals surface area (Å²) < 4.78 is 28.0. The van der Waals surface area contributed by atoms with Crippen molar-refractivity contribution in [2.45, 2.75) is 66.2 Å². The van der Waals surface area contributed by atoms with E-state index < -0.39 is 29.2 Å². The SMILES string of the molecule is Cc1cc(CN(C)C(=O)OC(C)(C)C)cc(F)c1-c1cc2c(I)nn(C(=O)OC(C)(C)C)c2cc1C#N. The molecule has 3 aromatic rings. The summed E-state index contributed by atoms with van der Waals surface area (Å²) in [6.45, 7) is 12.5. The number of aryl methyl sites for hydroxylation is 1. The van der Waals surface area contributed by atoms with Crippen LogP contribution < -0.4 is 0 Å². The number of fused-ring (bicyclic) bond motifs is 1. The predicted molar refractivity (Wildman–Crippen MR) is 147 cm³/mol. The van der Waals surface area contributed by atoms with E-state index in [1.807, 2.05) is 22.6 Å². The molecule has 0 atom stereocenters. The third-order valence-electron chi connectivity index (χ3n) is 5.20. The molecule has 1 amide bonds. The van der Waals surface area contributed by atoms with Crippen molar-refractivity contribution in [3.8, 4) is 17.2 Å². The Bertz CT molecular complexity index is 1400. The maximum Gasteiger partial charge on any atom is 0.435 e. The van der Waals surface area contributed by atoms with Gasteiger partial charge in [-0.1, -0.05) is 6.07 Å². The molecule has 0 bridgehead atoms. The lowest BCUT2D eigenvalue weighted by Crippen LogP contribution is -2.33. The van der Waals surface area contributed by atoms with Crippen molar-refractivity contribution in [1.29, 1.82) is 5.26 Å². The van der Waals surface area contributed by atoms with Crippen molar-refractivity contribution in [3.05, 3.63) is 50.5 Å². The zero-order valence-electron chi connectivity index (χ0n) is 22.2. The number of amides is 1. The van der Waals surface area contributed by atoms with Gasteiger partial charge in [0.2, 0.25) is 0 Å². The second kappa shape index (κ2) is 10.3. The summed E-state index contributed by atoms with van der Waals surface area (Å²) in [6.07, 6.45) is -1.18. The summed E-state index contributed by atoms with van der Waals surface area (Å²) >= 11 is 1.99. The van der Waals surface area contributed by atoms with E-state index in [-0.39, 0.29) is 17.7 Å². The first-order valence-electron chi connectivity index (χ1n) is 11.6. The van der Waals surface area contributed by atoms with Crippen molar-refractivity contribution >= 4 is 45.7 Å². The highest BCUT2D eigenvalue weighted by atomic mass is 127. The van der Waals surface area contributed by atoms with Crippen LogP contribution in [0.4, 0.5) is 14.0 Å². The number of nitriles is 1. The molecule has 0 unspecified atom stereocenters. The van der Waals surface area contributed by atoms with Crippen molar-refractivity contribution in [2.75, 3.05) is 7.05 Å². The molecule has 3 rings (SSSR count). The molecular formula is C27H30FIN4O4. The number of hydrogen-bond acceptors (Lipinski definition) is 6. The van der Waals surface area contributed by atoms with Crippen molar-refractivity contribution in [3.63, 3.8) is 0 Å². The fraction of sp³-hybridized carbons (Fsp3) is 0.407. The molecular weight excluding hydrogens is 590 g/mol. The highest BCUT2D eigenvalue weighted by molar-refractivity contribution is 14.1. The van der Waals surface area contributed by atoms with Gasteiger partial charge in [0.25, 0.3) is 0 Å². The average Bonchev–Trinajstić information content (AvgIpc) is 3.06. The monoisotopic (exact) mass is 620 g/mol. The third-order valence-corrected chi connectivity index (χ3v) is 6.00. The lowest BCUT2D eigenvalue weighted by atomic mass is 9.93. The minimum atomic E-state index is -0.724. The highest BCUT2D eigenvalue weighted by Gasteiger charge is 2.25. The number of benzene rings is 2. The Balaban J connectivity index is 2.04. The van der Waals surface area contributed by atoms with Crippen LogP contribution in [-0.2, 0) is 16.0 Å². The molecule has 8 nitrogen and oxygen atoms in total. The molecule has 0 aliphatic heterocycles. The van der Waals surface area contributed by atoms with Crippen LogP contribution in [0.5, 0.6) is 0 Å². The van der Waals surface area contributed by atoms with Crippen LogP contribution in [0, 0.1) is 27.8 Å². The fourth-order valence-corrected chi connectivity index (χ4v) is 4.44. The van der Waals surface area contributed by atoms with Crippen LogP contribution in [0.3, 0.4) is 0 Å². The topological polar surface area (TPSA) is 97.5 Å². The molecule has 1 heterocycles. The molecule has 196 valence electrons.